The average molecular weight is 507 g/mol. The van der Waals surface area contributed by atoms with Crippen molar-refractivity contribution >= 4 is 26.0 Å². The molecule has 1 rings (SSSR count). The van der Waals surface area contributed by atoms with Crippen LogP contribution in [0.1, 0.15) is 83.6 Å². The number of benzene rings is 1. The van der Waals surface area contributed by atoms with Gasteiger partial charge in [0.2, 0.25) is 0 Å². The zero-order chi connectivity index (χ0) is 22.9. The molecular formula is C24H44BrNO3S. The van der Waals surface area contributed by atoms with E-state index in [0.29, 0.717) is 0 Å². The highest BCUT2D eigenvalue weighted by Crippen LogP contribution is 2.14. The Kier molecular flexibility index (Phi) is 16.9. The molecule has 0 spiro atoms. The van der Waals surface area contributed by atoms with Gasteiger partial charge in [-0.2, -0.15) is 0 Å². The van der Waals surface area contributed by atoms with E-state index in [-0.39, 0.29) is 4.90 Å². The number of unbranched alkanes of at least 4 members (excludes halogenated alkanes) is 7. The van der Waals surface area contributed by atoms with Crippen molar-refractivity contribution in [2.24, 2.45) is 0 Å². The Hall–Kier alpha value is -0.430. The molecule has 0 fully saturated rings. The van der Waals surface area contributed by atoms with Gasteiger partial charge in [0.15, 0.2) is 0 Å². The van der Waals surface area contributed by atoms with Gasteiger partial charge in [0, 0.05) is 5.33 Å². The van der Waals surface area contributed by atoms with Crippen molar-refractivity contribution in [3.63, 3.8) is 0 Å². The predicted octanol–water partition coefficient (Wildman–Crippen LogP) is 6.67. The van der Waals surface area contributed by atoms with Gasteiger partial charge in [0.05, 0.1) is 31.6 Å². The lowest BCUT2D eigenvalue weighted by atomic mass is 10.1. The molecule has 30 heavy (non-hydrogen) atoms. The molecule has 1 atom stereocenters. The second-order valence-corrected chi connectivity index (χ2v) is 10.7. The van der Waals surface area contributed by atoms with Crippen molar-refractivity contribution in [2.75, 3.05) is 32.0 Å². The highest BCUT2D eigenvalue weighted by Gasteiger charge is 2.19. The third-order valence-electron chi connectivity index (χ3n) is 5.49. The number of rotatable bonds is 15. The normalized spacial score (nSPS) is 13.4. The predicted molar refractivity (Wildman–Crippen MR) is 131 cm³/mol. The first kappa shape index (κ1) is 29.6. The van der Waals surface area contributed by atoms with Crippen molar-refractivity contribution < 1.29 is 17.5 Å². The van der Waals surface area contributed by atoms with Crippen LogP contribution in [0.3, 0.4) is 0 Å². The molecule has 0 amide bonds. The minimum atomic E-state index is -4.27. The maximum absolute atomic E-state index is 10.4. The first-order chi connectivity index (χ1) is 14.2. The summed E-state index contributed by atoms with van der Waals surface area (Å²) in [5.41, 5.74) is 0.928. The fourth-order valence-corrected chi connectivity index (χ4v) is 4.33. The maximum atomic E-state index is 10.4. The van der Waals surface area contributed by atoms with Crippen molar-refractivity contribution in [1.82, 2.24) is 0 Å². The zero-order valence-electron chi connectivity index (χ0n) is 19.7. The molecule has 0 N–H and O–H groups in total. The van der Waals surface area contributed by atoms with Crippen molar-refractivity contribution in [1.29, 1.82) is 0 Å². The SMILES string of the molecule is CCCCCCC[N+](C)(CCCCC)CCCCBr.Cc1ccc(S(=O)(=O)[O-])cc1. The monoisotopic (exact) mass is 505 g/mol. The summed E-state index contributed by atoms with van der Waals surface area (Å²) >= 11 is 3.56. The molecule has 4 nitrogen and oxygen atoms in total. The number of hydrogen-bond donors (Lipinski definition) is 0. The van der Waals surface area contributed by atoms with Gasteiger partial charge in [-0.25, -0.2) is 8.42 Å². The van der Waals surface area contributed by atoms with E-state index in [2.05, 4.69) is 36.8 Å². The second kappa shape index (κ2) is 17.2. The van der Waals surface area contributed by atoms with Gasteiger partial charge >= 0.3 is 0 Å². The van der Waals surface area contributed by atoms with Gasteiger partial charge in [-0.1, -0.05) is 73.2 Å². The van der Waals surface area contributed by atoms with Crippen molar-refractivity contribution in [3.05, 3.63) is 29.8 Å². The van der Waals surface area contributed by atoms with Gasteiger partial charge in [-0.05, 0) is 57.6 Å². The fraction of sp³-hybridized carbons (Fsp3) is 0.750. The molecule has 6 heteroatoms. The molecule has 0 radical (unpaired) electrons. The molecule has 0 aliphatic heterocycles. The largest absolute Gasteiger partial charge is 0.744 e. The third-order valence-corrected chi connectivity index (χ3v) is 6.90. The summed E-state index contributed by atoms with van der Waals surface area (Å²) < 4.78 is 32.5. The molecule has 1 aromatic rings. The number of alkyl halides is 1. The molecule has 0 bridgehead atoms. The summed E-state index contributed by atoms with van der Waals surface area (Å²) in [7, 11) is -1.78. The molecular weight excluding hydrogens is 462 g/mol. The highest BCUT2D eigenvalue weighted by molar-refractivity contribution is 9.09. The average Bonchev–Trinajstić information content (AvgIpc) is 2.68. The van der Waals surface area contributed by atoms with Crippen LogP contribution in [0.5, 0.6) is 0 Å². The first-order valence-corrected chi connectivity index (χ1v) is 14.1. The van der Waals surface area contributed by atoms with E-state index in [1.807, 2.05) is 6.92 Å². The molecule has 0 heterocycles. The zero-order valence-corrected chi connectivity index (χ0v) is 22.1. The Morgan fingerprint density at radius 1 is 0.800 bits per heavy atom. The summed E-state index contributed by atoms with van der Waals surface area (Å²) in [5.74, 6) is 0. The van der Waals surface area contributed by atoms with Crippen LogP contribution in [0.15, 0.2) is 29.2 Å². The van der Waals surface area contributed by atoms with Crippen molar-refractivity contribution in [3.8, 4) is 0 Å². The summed E-state index contributed by atoms with van der Waals surface area (Å²) in [5, 5.41) is 1.17. The van der Waals surface area contributed by atoms with Crippen LogP contribution in [-0.2, 0) is 10.1 Å². The Morgan fingerprint density at radius 2 is 1.23 bits per heavy atom. The van der Waals surface area contributed by atoms with Crippen LogP contribution >= 0.6 is 15.9 Å². The van der Waals surface area contributed by atoms with Gasteiger partial charge in [0.1, 0.15) is 10.1 Å². The lowest BCUT2D eigenvalue weighted by molar-refractivity contribution is -0.910. The first-order valence-electron chi connectivity index (χ1n) is 11.6. The molecule has 176 valence electrons. The summed E-state index contributed by atoms with van der Waals surface area (Å²) in [6.45, 7) is 10.6. The third kappa shape index (κ3) is 15.4. The van der Waals surface area contributed by atoms with E-state index >= 15 is 0 Å². The number of nitrogens with zero attached hydrogens (tertiary/aromatic N) is 1. The smallest absolute Gasteiger partial charge is 0.124 e. The topological polar surface area (TPSA) is 57.2 Å². The number of halogens is 1. The van der Waals surface area contributed by atoms with E-state index in [0.717, 1.165) is 5.56 Å². The lowest BCUT2D eigenvalue weighted by Gasteiger charge is -2.35. The van der Waals surface area contributed by atoms with Gasteiger partial charge < -0.3 is 9.04 Å². The number of quaternary nitrogens is 1. The van der Waals surface area contributed by atoms with E-state index in [1.54, 1.807) is 12.1 Å². The van der Waals surface area contributed by atoms with Gasteiger partial charge in [0.25, 0.3) is 0 Å². The Labute approximate surface area is 194 Å². The van der Waals surface area contributed by atoms with Crippen LogP contribution in [-0.4, -0.2) is 49.5 Å². The summed E-state index contributed by atoms with van der Waals surface area (Å²) in [6.07, 6.45) is 13.9. The van der Waals surface area contributed by atoms with Crippen LogP contribution in [0.4, 0.5) is 0 Å². The Morgan fingerprint density at radius 3 is 1.70 bits per heavy atom. The number of hydrogen-bond acceptors (Lipinski definition) is 3. The van der Waals surface area contributed by atoms with Gasteiger partial charge in [-0.15, -0.1) is 0 Å². The van der Waals surface area contributed by atoms with E-state index in [1.165, 1.54) is 106 Å². The molecule has 0 saturated heterocycles. The summed E-state index contributed by atoms with van der Waals surface area (Å²) in [4.78, 5) is -0.178. The van der Waals surface area contributed by atoms with Gasteiger partial charge in [-0.3, -0.25) is 0 Å². The lowest BCUT2D eigenvalue weighted by Crippen LogP contribution is -2.46. The molecule has 0 aliphatic rings. The van der Waals surface area contributed by atoms with E-state index < -0.39 is 10.1 Å². The molecule has 0 aromatic heterocycles. The van der Waals surface area contributed by atoms with Crippen LogP contribution in [0.2, 0.25) is 0 Å². The van der Waals surface area contributed by atoms with Crippen LogP contribution < -0.4 is 0 Å². The van der Waals surface area contributed by atoms with Crippen LogP contribution in [0, 0.1) is 6.92 Å². The second-order valence-electron chi connectivity index (χ2n) is 8.57. The Balaban J connectivity index is 0.000000642. The van der Waals surface area contributed by atoms with E-state index in [9.17, 15) is 13.0 Å². The maximum Gasteiger partial charge on any atom is 0.124 e. The molecule has 1 unspecified atom stereocenters. The molecule has 0 saturated carbocycles. The highest BCUT2D eigenvalue weighted by atomic mass is 79.9. The minimum Gasteiger partial charge on any atom is -0.744 e. The molecule has 0 aliphatic carbocycles. The number of aryl methyl sites for hydroxylation is 1. The summed E-state index contributed by atoms with van der Waals surface area (Å²) in [6, 6.07) is 5.78. The van der Waals surface area contributed by atoms with Crippen LogP contribution in [0.25, 0.3) is 0 Å². The minimum absolute atomic E-state index is 0.178. The molecule has 1 aromatic carbocycles. The fourth-order valence-electron chi connectivity index (χ4n) is 3.47. The van der Waals surface area contributed by atoms with E-state index in [4.69, 9.17) is 0 Å². The van der Waals surface area contributed by atoms with Crippen molar-refractivity contribution in [2.45, 2.75) is 89.9 Å². The quantitative estimate of drug-likeness (QED) is 0.116. The Bertz CT molecular complexity index is 622. The standard InChI is InChI=1S/C17H37BrN.C7H8O3S/c1-4-6-8-9-12-16-19(3,15-11-7-5-2)17-13-10-14-18;1-6-2-4-7(5-3-6)11(8,9)10/h4-17H2,1-3H3;2-5H,1H3,(H,8,9,10)/q+1;/p-1.